The van der Waals surface area contributed by atoms with Crippen LogP contribution in [0.25, 0.3) is 0 Å². The summed E-state index contributed by atoms with van der Waals surface area (Å²) in [6.45, 7) is 4.99. The number of carbonyl (C=O) groups is 1. The third kappa shape index (κ3) is 2.87. The van der Waals surface area contributed by atoms with Gasteiger partial charge in [0.25, 0.3) is 0 Å². The highest BCUT2D eigenvalue weighted by molar-refractivity contribution is 5.68. The van der Waals surface area contributed by atoms with Crippen molar-refractivity contribution in [1.82, 2.24) is 5.32 Å². The van der Waals surface area contributed by atoms with Crippen molar-refractivity contribution in [3.8, 4) is 0 Å². The average Bonchev–Trinajstić information content (AvgIpc) is 2.08. The smallest absolute Gasteiger partial charge is 0.407 e. The first kappa shape index (κ1) is 11.3. The van der Waals surface area contributed by atoms with Crippen LogP contribution < -0.4 is 11.1 Å². The summed E-state index contributed by atoms with van der Waals surface area (Å²) in [4.78, 5) is 11.3. The van der Waals surface area contributed by atoms with Gasteiger partial charge in [-0.15, -0.1) is 0 Å². The number of hydrogen-bond acceptors (Lipinski definition) is 3. The lowest BCUT2D eigenvalue weighted by Gasteiger charge is -2.41. The third-order valence-electron chi connectivity index (χ3n) is 2.62. The summed E-state index contributed by atoms with van der Waals surface area (Å²) in [6.07, 6.45) is 2.76. The number of alkyl carbamates (subject to hydrolysis) is 1. The number of amides is 1. The molecule has 0 unspecified atom stereocenters. The Bertz CT molecular complexity index is 195. The molecule has 0 radical (unpaired) electrons. The highest BCUT2D eigenvalue weighted by Crippen LogP contribution is 2.30. The summed E-state index contributed by atoms with van der Waals surface area (Å²) in [5.74, 6) is 0.371. The average molecular weight is 200 g/mol. The van der Waals surface area contributed by atoms with Crippen LogP contribution in [0.1, 0.15) is 33.1 Å². The second kappa shape index (κ2) is 4.64. The zero-order valence-electron chi connectivity index (χ0n) is 9.01. The first-order valence-corrected chi connectivity index (χ1v) is 5.23. The molecule has 0 heterocycles. The lowest BCUT2D eigenvalue weighted by molar-refractivity contribution is 0.105. The van der Waals surface area contributed by atoms with Gasteiger partial charge in [-0.25, -0.2) is 4.79 Å². The van der Waals surface area contributed by atoms with Crippen molar-refractivity contribution in [3.63, 3.8) is 0 Å². The fourth-order valence-electron chi connectivity index (χ4n) is 1.48. The number of rotatable bonds is 4. The van der Waals surface area contributed by atoms with Gasteiger partial charge in [0.05, 0.1) is 12.1 Å². The Hall–Kier alpha value is -0.770. The highest BCUT2D eigenvalue weighted by atomic mass is 16.5. The maximum atomic E-state index is 11.3. The van der Waals surface area contributed by atoms with Gasteiger partial charge < -0.3 is 15.8 Å². The van der Waals surface area contributed by atoms with Crippen LogP contribution in [0.15, 0.2) is 0 Å². The van der Waals surface area contributed by atoms with E-state index in [0.29, 0.717) is 19.1 Å². The van der Waals surface area contributed by atoms with E-state index in [9.17, 15) is 4.79 Å². The van der Waals surface area contributed by atoms with Crippen molar-refractivity contribution >= 4 is 6.09 Å². The Kier molecular flexibility index (Phi) is 3.75. The monoisotopic (exact) mass is 200 g/mol. The second-order valence-electron chi connectivity index (χ2n) is 4.46. The summed E-state index contributed by atoms with van der Waals surface area (Å²) < 4.78 is 5.03. The number of ether oxygens (including phenoxy) is 1. The molecule has 82 valence electrons. The minimum atomic E-state index is -0.330. The van der Waals surface area contributed by atoms with Crippen LogP contribution in [0.3, 0.4) is 0 Å². The minimum Gasteiger partial charge on any atom is -0.449 e. The highest BCUT2D eigenvalue weighted by Gasteiger charge is 2.37. The number of carbonyl (C=O) groups excluding carboxylic acids is 1. The molecule has 0 atom stereocenters. The lowest BCUT2D eigenvalue weighted by Crippen LogP contribution is -2.58. The maximum absolute atomic E-state index is 11.3. The maximum Gasteiger partial charge on any atom is 0.407 e. The molecule has 1 fully saturated rings. The fourth-order valence-corrected chi connectivity index (χ4v) is 1.48. The molecule has 0 aromatic rings. The van der Waals surface area contributed by atoms with Crippen LogP contribution in [0.4, 0.5) is 4.79 Å². The van der Waals surface area contributed by atoms with Crippen LogP contribution in [0.2, 0.25) is 0 Å². The molecule has 3 N–H and O–H groups in total. The van der Waals surface area contributed by atoms with Crippen molar-refractivity contribution in [1.29, 1.82) is 0 Å². The van der Waals surface area contributed by atoms with Gasteiger partial charge in [0, 0.05) is 6.54 Å². The van der Waals surface area contributed by atoms with Crippen molar-refractivity contribution < 1.29 is 9.53 Å². The molecular formula is C10H20N2O2. The van der Waals surface area contributed by atoms with E-state index in [1.165, 1.54) is 0 Å². The van der Waals surface area contributed by atoms with E-state index < -0.39 is 0 Å². The normalized spacial score (nSPS) is 18.9. The van der Waals surface area contributed by atoms with E-state index >= 15 is 0 Å². The molecule has 0 spiro atoms. The van der Waals surface area contributed by atoms with Gasteiger partial charge in [0.2, 0.25) is 0 Å². The summed E-state index contributed by atoms with van der Waals surface area (Å²) >= 11 is 0. The van der Waals surface area contributed by atoms with E-state index in [0.717, 1.165) is 19.3 Å². The standard InChI is InChI=1S/C10H20N2O2/c1-8(2)6-14-9(13)12-10(7-11)4-3-5-10/h8H,3-7,11H2,1-2H3,(H,12,13). The van der Waals surface area contributed by atoms with Crippen molar-refractivity contribution in [2.75, 3.05) is 13.2 Å². The topological polar surface area (TPSA) is 64.3 Å². The van der Waals surface area contributed by atoms with Crippen LogP contribution >= 0.6 is 0 Å². The molecule has 1 aliphatic carbocycles. The van der Waals surface area contributed by atoms with Gasteiger partial charge in [-0.05, 0) is 25.2 Å². The SMILES string of the molecule is CC(C)COC(=O)NC1(CN)CCC1. The number of nitrogens with one attached hydrogen (secondary N) is 1. The quantitative estimate of drug-likeness (QED) is 0.718. The molecule has 0 aromatic carbocycles. The predicted molar refractivity (Wildman–Crippen MR) is 55.0 cm³/mol. The molecule has 14 heavy (non-hydrogen) atoms. The zero-order valence-corrected chi connectivity index (χ0v) is 9.01. The molecule has 0 bridgehead atoms. The van der Waals surface area contributed by atoms with Gasteiger partial charge in [-0.3, -0.25) is 0 Å². The molecule has 1 rings (SSSR count). The Balaban J connectivity index is 2.25. The van der Waals surface area contributed by atoms with Gasteiger partial charge in [0.15, 0.2) is 0 Å². The van der Waals surface area contributed by atoms with Crippen LogP contribution in [-0.2, 0) is 4.74 Å². The van der Waals surface area contributed by atoms with E-state index in [-0.39, 0.29) is 11.6 Å². The van der Waals surface area contributed by atoms with Gasteiger partial charge >= 0.3 is 6.09 Å². The Morgan fingerprint density at radius 2 is 2.21 bits per heavy atom. The van der Waals surface area contributed by atoms with Crippen molar-refractivity contribution in [3.05, 3.63) is 0 Å². The minimum absolute atomic E-state index is 0.173. The van der Waals surface area contributed by atoms with E-state index in [1.54, 1.807) is 0 Å². The number of hydrogen-bond donors (Lipinski definition) is 2. The summed E-state index contributed by atoms with van der Waals surface area (Å²) in [6, 6.07) is 0. The molecule has 0 aromatic heterocycles. The summed E-state index contributed by atoms with van der Waals surface area (Å²) in [7, 11) is 0. The lowest BCUT2D eigenvalue weighted by atomic mass is 9.77. The molecule has 4 nitrogen and oxygen atoms in total. The summed E-state index contributed by atoms with van der Waals surface area (Å²) in [5, 5.41) is 2.85. The fraction of sp³-hybridized carbons (Fsp3) is 0.900. The van der Waals surface area contributed by atoms with Crippen LogP contribution in [-0.4, -0.2) is 24.8 Å². The van der Waals surface area contributed by atoms with Crippen molar-refractivity contribution in [2.45, 2.75) is 38.6 Å². The van der Waals surface area contributed by atoms with E-state index in [4.69, 9.17) is 10.5 Å². The molecule has 1 saturated carbocycles. The molecule has 1 aliphatic rings. The molecule has 1 amide bonds. The first-order chi connectivity index (χ1) is 6.58. The predicted octanol–water partition coefficient (Wildman–Crippen LogP) is 1.25. The van der Waals surface area contributed by atoms with Crippen LogP contribution in [0.5, 0.6) is 0 Å². The van der Waals surface area contributed by atoms with Gasteiger partial charge in [0.1, 0.15) is 0 Å². The Morgan fingerprint density at radius 3 is 2.57 bits per heavy atom. The second-order valence-corrected chi connectivity index (χ2v) is 4.46. The molecule has 0 saturated heterocycles. The van der Waals surface area contributed by atoms with Crippen LogP contribution in [0, 0.1) is 5.92 Å². The first-order valence-electron chi connectivity index (χ1n) is 5.23. The number of nitrogens with two attached hydrogens (primary N) is 1. The zero-order chi connectivity index (χ0) is 10.6. The molecular weight excluding hydrogens is 180 g/mol. The Morgan fingerprint density at radius 1 is 1.57 bits per heavy atom. The van der Waals surface area contributed by atoms with E-state index in [1.807, 2.05) is 13.8 Å². The summed E-state index contributed by atoms with van der Waals surface area (Å²) in [5.41, 5.74) is 5.43. The molecule has 0 aliphatic heterocycles. The van der Waals surface area contributed by atoms with Crippen molar-refractivity contribution in [2.24, 2.45) is 11.7 Å². The van der Waals surface area contributed by atoms with E-state index in [2.05, 4.69) is 5.32 Å². The van der Waals surface area contributed by atoms with Gasteiger partial charge in [-0.2, -0.15) is 0 Å². The van der Waals surface area contributed by atoms with Gasteiger partial charge in [-0.1, -0.05) is 13.8 Å². The molecule has 4 heteroatoms. The third-order valence-corrected chi connectivity index (χ3v) is 2.62. The largest absolute Gasteiger partial charge is 0.449 e. The Labute approximate surface area is 85.2 Å².